The van der Waals surface area contributed by atoms with Gasteiger partial charge in [-0.25, -0.2) is 0 Å². The predicted octanol–water partition coefficient (Wildman–Crippen LogP) is 4.03. The highest BCUT2D eigenvalue weighted by Crippen LogP contribution is 2.15. The highest BCUT2D eigenvalue weighted by atomic mass is 79.9. The van der Waals surface area contributed by atoms with Crippen molar-refractivity contribution in [3.05, 3.63) is 34.3 Å². The fourth-order valence-electron chi connectivity index (χ4n) is 1.33. The molecule has 1 nitrogen and oxygen atoms in total. The first kappa shape index (κ1) is 13.0. The third-order valence-electron chi connectivity index (χ3n) is 2.15. The lowest BCUT2D eigenvalue weighted by Crippen LogP contribution is -2.07. The van der Waals surface area contributed by atoms with E-state index in [-0.39, 0.29) is 5.38 Å². The van der Waals surface area contributed by atoms with E-state index < -0.39 is 0 Å². The normalized spacial score (nSPS) is 12.7. The molecule has 0 N–H and O–H groups in total. The molecular weight excluding hydrogens is 275 g/mol. The lowest BCUT2D eigenvalue weighted by Gasteiger charge is -2.09. The molecule has 0 amide bonds. The van der Waals surface area contributed by atoms with Crippen LogP contribution in [0.1, 0.15) is 18.9 Å². The van der Waals surface area contributed by atoms with Crippen molar-refractivity contribution in [3.63, 3.8) is 0 Å². The van der Waals surface area contributed by atoms with E-state index in [2.05, 4.69) is 28.1 Å². The summed E-state index contributed by atoms with van der Waals surface area (Å²) in [7, 11) is 0. The van der Waals surface area contributed by atoms with E-state index >= 15 is 0 Å². The van der Waals surface area contributed by atoms with Gasteiger partial charge in [0.1, 0.15) is 0 Å². The highest BCUT2D eigenvalue weighted by Gasteiger charge is 2.05. The number of halogens is 2. The van der Waals surface area contributed by atoms with Gasteiger partial charge in [0.25, 0.3) is 0 Å². The molecule has 0 aliphatic carbocycles. The van der Waals surface area contributed by atoms with Crippen LogP contribution < -0.4 is 0 Å². The molecule has 0 saturated carbocycles. The molecule has 0 aliphatic rings. The van der Waals surface area contributed by atoms with Crippen molar-refractivity contribution in [2.24, 2.45) is 0 Å². The molecule has 1 atom stereocenters. The summed E-state index contributed by atoms with van der Waals surface area (Å²) in [5.74, 6) is 0. The Morgan fingerprint density at radius 1 is 1.33 bits per heavy atom. The lowest BCUT2D eigenvalue weighted by molar-refractivity contribution is 0.144. The SMILES string of the molecule is CCOCCC(Cl)Cc1ccc(Br)cc1. The van der Waals surface area contributed by atoms with Gasteiger partial charge < -0.3 is 4.74 Å². The largest absolute Gasteiger partial charge is 0.382 e. The second-order valence-electron chi connectivity index (χ2n) is 3.41. The van der Waals surface area contributed by atoms with Crippen molar-refractivity contribution in [1.82, 2.24) is 0 Å². The van der Waals surface area contributed by atoms with Crippen LogP contribution >= 0.6 is 27.5 Å². The van der Waals surface area contributed by atoms with Crippen LogP contribution in [0.3, 0.4) is 0 Å². The summed E-state index contributed by atoms with van der Waals surface area (Å²) in [6, 6.07) is 8.28. The topological polar surface area (TPSA) is 9.23 Å². The maximum absolute atomic E-state index is 6.20. The Morgan fingerprint density at radius 2 is 2.00 bits per heavy atom. The van der Waals surface area contributed by atoms with Crippen LogP contribution in [0.25, 0.3) is 0 Å². The second kappa shape index (κ2) is 7.26. The summed E-state index contributed by atoms with van der Waals surface area (Å²) in [5, 5.41) is 0.165. The fraction of sp³-hybridized carbons (Fsp3) is 0.500. The molecule has 1 aromatic carbocycles. The average Bonchev–Trinajstić information content (AvgIpc) is 2.22. The Balaban J connectivity index is 2.31. The van der Waals surface area contributed by atoms with Crippen molar-refractivity contribution in [3.8, 4) is 0 Å². The van der Waals surface area contributed by atoms with Crippen LogP contribution in [-0.2, 0) is 11.2 Å². The Morgan fingerprint density at radius 3 is 2.60 bits per heavy atom. The minimum atomic E-state index is 0.165. The first-order chi connectivity index (χ1) is 7.22. The number of ether oxygens (including phenoxy) is 1. The van der Waals surface area contributed by atoms with Crippen molar-refractivity contribution < 1.29 is 4.74 Å². The summed E-state index contributed by atoms with van der Waals surface area (Å²) in [6.45, 7) is 3.51. The Bertz CT molecular complexity index is 273. The van der Waals surface area contributed by atoms with Gasteiger partial charge in [0.15, 0.2) is 0 Å². The number of alkyl halides is 1. The van der Waals surface area contributed by atoms with Crippen molar-refractivity contribution in [2.45, 2.75) is 25.1 Å². The molecule has 0 aromatic heterocycles. The summed E-state index contributed by atoms with van der Waals surface area (Å²) in [6.07, 6.45) is 1.81. The number of benzene rings is 1. The van der Waals surface area contributed by atoms with Gasteiger partial charge in [0, 0.05) is 23.1 Å². The molecule has 1 rings (SSSR count). The second-order valence-corrected chi connectivity index (χ2v) is 4.95. The van der Waals surface area contributed by atoms with E-state index in [1.165, 1.54) is 5.56 Å². The highest BCUT2D eigenvalue weighted by molar-refractivity contribution is 9.10. The van der Waals surface area contributed by atoms with E-state index in [0.717, 1.165) is 30.5 Å². The molecule has 0 heterocycles. The van der Waals surface area contributed by atoms with Crippen LogP contribution in [0.15, 0.2) is 28.7 Å². The van der Waals surface area contributed by atoms with E-state index in [1.54, 1.807) is 0 Å². The minimum Gasteiger partial charge on any atom is -0.382 e. The van der Waals surface area contributed by atoms with Gasteiger partial charge >= 0.3 is 0 Å². The zero-order chi connectivity index (χ0) is 11.1. The average molecular weight is 292 g/mol. The zero-order valence-electron chi connectivity index (χ0n) is 8.88. The van der Waals surface area contributed by atoms with E-state index in [1.807, 2.05) is 19.1 Å². The van der Waals surface area contributed by atoms with E-state index in [9.17, 15) is 0 Å². The van der Waals surface area contributed by atoms with Crippen molar-refractivity contribution in [1.29, 1.82) is 0 Å². The van der Waals surface area contributed by atoms with Crippen LogP contribution in [0, 0.1) is 0 Å². The van der Waals surface area contributed by atoms with Crippen LogP contribution in [-0.4, -0.2) is 18.6 Å². The molecule has 84 valence electrons. The van der Waals surface area contributed by atoms with Crippen LogP contribution in [0.5, 0.6) is 0 Å². The maximum Gasteiger partial charge on any atom is 0.0480 e. The molecule has 3 heteroatoms. The summed E-state index contributed by atoms with van der Waals surface area (Å²) in [4.78, 5) is 0. The molecule has 0 fully saturated rings. The molecule has 0 spiro atoms. The quantitative estimate of drug-likeness (QED) is 0.568. The van der Waals surface area contributed by atoms with Crippen molar-refractivity contribution in [2.75, 3.05) is 13.2 Å². The lowest BCUT2D eigenvalue weighted by atomic mass is 10.1. The number of hydrogen-bond acceptors (Lipinski definition) is 1. The van der Waals surface area contributed by atoms with Gasteiger partial charge in [-0.2, -0.15) is 0 Å². The Labute approximate surface area is 105 Å². The van der Waals surface area contributed by atoms with Crippen LogP contribution in [0.4, 0.5) is 0 Å². The molecule has 1 aromatic rings. The van der Waals surface area contributed by atoms with Crippen LogP contribution in [0.2, 0.25) is 0 Å². The Kier molecular flexibility index (Phi) is 6.30. The first-order valence-corrected chi connectivity index (χ1v) is 6.41. The van der Waals surface area contributed by atoms with Gasteiger partial charge in [-0.05, 0) is 37.5 Å². The van der Waals surface area contributed by atoms with Gasteiger partial charge in [-0.3, -0.25) is 0 Å². The van der Waals surface area contributed by atoms with Crippen molar-refractivity contribution >= 4 is 27.5 Å². The molecule has 0 saturated heterocycles. The van der Waals surface area contributed by atoms with E-state index in [0.29, 0.717) is 0 Å². The standard InChI is InChI=1S/C12H16BrClO/c1-2-15-8-7-12(14)9-10-3-5-11(13)6-4-10/h3-6,12H,2,7-9H2,1H3. The number of rotatable bonds is 6. The number of hydrogen-bond donors (Lipinski definition) is 0. The van der Waals surface area contributed by atoms with E-state index in [4.69, 9.17) is 16.3 Å². The van der Waals surface area contributed by atoms with Gasteiger partial charge in [-0.15, -0.1) is 11.6 Å². The third-order valence-corrected chi connectivity index (χ3v) is 3.05. The molecule has 0 bridgehead atoms. The molecule has 0 aliphatic heterocycles. The molecule has 15 heavy (non-hydrogen) atoms. The van der Waals surface area contributed by atoms with Gasteiger partial charge in [-0.1, -0.05) is 28.1 Å². The van der Waals surface area contributed by atoms with Gasteiger partial charge in [0.2, 0.25) is 0 Å². The Hall–Kier alpha value is -0.0500. The maximum atomic E-state index is 6.20. The first-order valence-electron chi connectivity index (χ1n) is 5.18. The summed E-state index contributed by atoms with van der Waals surface area (Å²) < 4.78 is 6.37. The van der Waals surface area contributed by atoms with Gasteiger partial charge in [0.05, 0.1) is 0 Å². The summed E-state index contributed by atoms with van der Waals surface area (Å²) >= 11 is 9.61. The molecule has 0 radical (unpaired) electrons. The smallest absolute Gasteiger partial charge is 0.0480 e. The zero-order valence-corrected chi connectivity index (χ0v) is 11.2. The fourth-order valence-corrected chi connectivity index (χ4v) is 1.87. The third kappa shape index (κ3) is 5.55. The predicted molar refractivity (Wildman–Crippen MR) is 68.6 cm³/mol. The monoisotopic (exact) mass is 290 g/mol. The minimum absolute atomic E-state index is 0.165. The molecule has 1 unspecified atom stereocenters. The molecular formula is C12H16BrClO. The summed E-state index contributed by atoms with van der Waals surface area (Å²) in [5.41, 5.74) is 1.27.